The molecular formula is C12H8Br2N4O2S. The molecule has 0 amide bonds. The van der Waals surface area contributed by atoms with Gasteiger partial charge in [0, 0.05) is 0 Å². The van der Waals surface area contributed by atoms with Crippen molar-refractivity contribution in [1.82, 2.24) is 9.97 Å². The van der Waals surface area contributed by atoms with Gasteiger partial charge in [0.25, 0.3) is 0 Å². The lowest BCUT2D eigenvalue weighted by Gasteiger charge is -2.09. The zero-order chi connectivity index (χ0) is 15.5. The third-order valence-corrected chi connectivity index (χ3v) is 4.57. The Hall–Kier alpha value is -1.50. The Bertz CT molecular complexity index is 818. The Kier molecular flexibility index (Phi) is 4.92. The van der Waals surface area contributed by atoms with Crippen LogP contribution in [0.5, 0.6) is 0 Å². The second kappa shape index (κ2) is 6.51. The molecule has 0 aliphatic rings. The van der Waals surface area contributed by atoms with Gasteiger partial charge in [-0.3, -0.25) is 4.72 Å². The smallest absolute Gasteiger partial charge is 0.238 e. The number of benzene rings is 1. The first-order chi connectivity index (χ1) is 9.91. The van der Waals surface area contributed by atoms with E-state index in [1.165, 1.54) is 6.20 Å². The van der Waals surface area contributed by atoms with Crippen molar-refractivity contribution in [3.63, 3.8) is 0 Å². The number of nitrogens with one attached hydrogen (secondary N) is 1. The van der Waals surface area contributed by atoms with Gasteiger partial charge in [0.1, 0.15) is 4.60 Å². The predicted octanol–water partition coefficient (Wildman–Crippen LogP) is 2.82. The maximum absolute atomic E-state index is 12.2. The van der Waals surface area contributed by atoms with Crippen LogP contribution in [0, 0.1) is 11.3 Å². The summed E-state index contributed by atoms with van der Waals surface area (Å²) in [6.07, 6.45) is 1.38. The van der Waals surface area contributed by atoms with Crippen LogP contribution in [0.4, 0.5) is 5.82 Å². The molecule has 108 valence electrons. The second-order valence-electron chi connectivity index (χ2n) is 3.96. The van der Waals surface area contributed by atoms with E-state index >= 15 is 0 Å². The van der Waals surface area contributed by atoms with Gasteiger partial charge in [-0.05, 0) is 43.5 Å². The first-order valence-electron chi connectivity index (χ1n) is 5.58. The molecule has 0 fully saturated rings. The van der Waals surface area contributed by atoms with Gasteiger partial charge in [-0.2, -0.15) is 5.26 Å². The van der Waals surface area contributed by atoms with Crippen LogP contribution in [0.3, 0.4) is 0 Å². The molecule has 1 aromatic carbocycles. The average Bonchev–Trinajstić information content (AvgIpc) is 2.42. The molecule has 0 atom stereocenters. The van der Waals surface area contributed by atoms with Crippen molar-refractivity contribution in [2.75, 3.05) is 4.72 Å². The Morgan fingerprint density at radius 1 is 1.29 bits per heavy atom. The van der Waals surface area contributed by atoms with Gasteiger partial charge in [0.15, 0.2) is 10.4 Å². The van der Waals surface area contributed by atoms with Gasteiger partial charge in [-0.15, -0.1) is 0 Å². The minimum Gasteiger partial charge on any atom is -0.265 e. The molecule has 0 bridgehead atoms. The lowest BCUT2D eigenvalue weighted by molar-refractivity contribution is 0.600. The first-order valence-corrected chi connectivity index (χ1v) is 8.81. The number of hydrogen-bond acceptors (Lipinski definition) is 5. The van der Waals surface area contributed by atoms with E-state index in [9.17, 15) is 8.42 Å². The monoisotopic (exact) mass is 430 g/mol. The summed E-state index contributed by atoms with van der Waals surface area (Å²) in [6, 6.07) is 8.49. The van der Waals surface area contributed by atoms with Crippen LogP contribution in [-0.2, 0) is 15.8 Å². The average molecular weight is 432 g/mol. The van der Waals surface area contributed by atoms with E-state index in [0.717, 1.165) is 0 Å². The quantitative estimate of drug-likeness (QED) is 0.802. The van der Waals surface area contributed by atoms with Crippen LogP contribution in [0.25, 0.3) is 0 Å². The topological polar surface area (TPSA) is 95.7 Å². The van der Waals surface area contributed by atoms with E-state index in [0.29, 0.717) is 15.7 Å². The Balaban J connectivity index is 2.25. The summed E-state index contributed by atoms with van der Waals surface area (Å²) in [7, 11) is -3.70. The maximum atomic E-state index is 12.2. The summed E-state index contributed by atoms with van der Waals surface area (Å²) in [5.41, 5.74) is 0.748. The highest BCUT2D eigenvalue weighted by atomic mass is 79.9. The van der Waals surface area contributed by atoms with E-state index in [-0.39, 0.29) is 16.2 Å². The summed E-state index contributed by atoms with van der Waals surface area (Å²) in [6.45, 7) is 0. The van der Waals surface area contributed by atoms with Crippen molar-refractivity contribution in [3.8, 4) is 6.07 Å². The number of aromatic nitrogens is 2. The van der Waals surface area contributed by atoms with Crippen molar-refractivity contribution < 1.29 is 8.42 Å². The molecule has 0 radical (unpaired) electrons. The summed E-state index contributed by atoms with van der Waals surface area (Å²) in [5, 5.41) is 8.98. The van der Waals surface area contributed by atoms with Crippen LogP contribution in [0.15, 0.2) is 39.7 Å². The highest BCUT2D eigenvalue weighted by molar-refractivity contribution is 9.11. The Morgan fingerprint density at radius 2 is 2.00 bits per heavy atom. The minimum absolute atomic E-state index is 0.0904. The fraction of sp³-hybridized carbons (Fsp3) is 0.0833. The number of nitriles is 1. The maximum Gasteiger partial charge on any atom is 0.238 e. The Labute approximate surface area is 138 Å². The van der Waals surface area contributed by atoms with Gasteiger partial charge in [-0.25, -0.2) is 18.4 Å². The molecule has 0 unspecified atom stereocenters. The molecule has 0 aliphatic carbocycles. The molecule has 2 aromatic rings. The SMILES string of the molecule is N#Cc1ccccc1CS(=O)(=O)Nc1ncc(Br)nc1Br. The molecule has 0 aliphatic heterocycles. The van der Waals surface area contributed by atoms with E-state index in [4.69, 9.17) is 5.26 Å². The first kappa shape index (κ1) is 15.9. The number of halogens is 2. The van der Waals surface area contributed by atoms with Crippen molar-refractivity contribution in [3.05, 3.63) is 50.8 Å². The molecule has 1 aromatic heterocycles. The van der Waals surface area contributed by atoms with Crippen LogP contribution in [0.1, 0.15) is 11.1 Å². The zero-order valence-electron chi connectivity index (χ0n) is 10.4. The van der Waals surface area contributed by atoms with Crippen molar-refractivity contribution in [2.24, 2.45) is 0 Å². The number of anilines is 1. The summed E-state index contributed by atoms with van der Waals surface area (Å²) < 4.78 is 27.4. The fourth-order valence-corrected chi connectivity index (χ4v) is 3.78. The van der Waals surface area contributed by atoms with Gasteiger partial charge < -0.3 is 0 Å². The number of sulfonamides is 1. The van der Waals surface area contributed by atoms with Gasteiger partial charge in [-0.1, -0.05) is 18.2 Å². The molecule has 21 heavy (non-hydrogen) atoms. The number of nitrogens with zero attached hydrogens (tertiary/aromatic N) is 3. The Morgan fingerprint density at radius 3 is 2.67 bits per heavy atom. The van der Waals surface area contributed by atoms with Crippen molar-refractivity contribution >= 4 is 47.7 Å². The van der Waals surface area contributed by atoms with Gasteiger partial charge >= 0.3 is 0 Å². The minimum atomic E-state index is -3.70. The third-order valence-electron chi connectivity index (χ3n) is 2.44. The van der Waals surface area contributed by atoms with Crippen LogP contribution in [0.2, 0.25) is 0 Å². The zero-order valence-corrected chi connectivity index (χ0v) is 14.4. The summed E-state index contributed by atoms with van der Waals surface area (Å²) in [5.74, 6) is -0.228. The lowest BCUT2D eigenvalue weighted by Crippen LogP contribution is -2.17. The highest BCUT2D eigenvalue weighted by Gasteiger charge is 2.17. The van der Waals surface area contributed by atoms with Crippen LogP contribution in [-0.4, -0.2) is 18.4 Å². The third kappa shape index (κ3) is 4.23. The molecule has 0 saturated carbocycles. The van der Waals surface area contributed by atoms with E-state index in [1.807, 2.05) is 6.07 Å². The molecule has 9 heteroatoms. The molecule has 6 nitrogen and oxygen atoms in total. The fourth-order valence-electron chi connectivity index (χ4n) is 1.56. The molecule has 0 spiro atoms. The highest BCUT2D eigenvalue weighted by Crippen LogP contribution is 2.21. The number of rotatable bonds is 4. The predicted molar refractivity (Wildman–Crippen MR) is 84.8 cm³/mol. The molecular weight excluding hydrogens is 424 g/mol. The summed E-state index contributed by atoms with van der Waals surface area (Å²) in [4.78, 5) is 7.93. The second-order valence-corrected chi connectivity index (χ2v) is 7.25. The van der Waals surface area contributed by atoms with Crippen molar-refractivity contribution in [2.45, 2.75) is 5.75 Å². The molecule has 1 N–H and O–H groups in total. The van der Waals surface area contributed by atoms with Gasteiger partial charge in [0.2, 0.25) is 10.0 Å². The normalized spacial score (nSPS) is 10.9. The summed E-state index contributed by atoms with van der Waals surface area (Å²) >= 11 is 6.26. The van der Waals surface area contributed by atoms with Crippen LogP contribution >= 0.6 is 31.9 Å². The molecule has 2 rings (SSSR count). The molecule has 0 saturated heterocycles. The van der Waals surface area contributed by atoms with E-state index in [2.05, 4.69) is 46.5 Å². The standard InChI is InChI=1S/C12H8Br2N4O2S/c13-10-6-16-12(11(14)17-10)18-21(19,20)7-9-4-2-1-3-8(9)5-15/h1-4,6H,7H2,(H,16,18). The van der Waals surface area contributed by atoms with E-state index in [1.54, 1.807) is 24.3 Å². The molecule has 1 heterocycles. The van der Waals surface area contributed by atoms with Crippen molar-refractivity contribution in [1.29, 1.82) is 5.26 Å². The van der Waals surface area contributed by atoms with E-state index < -0.39 is 10.0 Å². The van der Waals surface area contributed by atoms with Gasteiger partial charge in [0.05, 0.1) is 23.6 Å². The van der Waals surface area contributed by atoms with Crippen LogP contribution < -0.4 is 4.72 Å². The number of hydrogen-bond donors (Lipinski definition) is 1. The largest absolute Gasteiger partial charge is 0.265 e. The lowest BCUT2D eigenvalue weighted by atomic mass is 10.1.